The molecule has 0 aromatic heterocycles. The second-order valence-corrected chi connectivity index (χ2v) is 9.96. The molecule has 39 heavy (non-hydrogen) atoms. The number of nitrogens with zero attached hydrogens (tertiary/aromatic N) is 2. The van der Waals surface area contributed by atoms with E-state index in [-0.39, 0.29) is 31.2 Å². The molecule has 0 aliphatic heterocycles. The molecule has 0 bridgehead atoms. The molecule has 4 N–H and O–H groups in total. The fraction of sp³-hybridized carbons (Fsp3) is 0.484. The molecule has 8 nitrogen and oxygen atoms in total. The molecular weight excluding hydrogens is 492 g/mol. The largest absolute Gasteiger partial charge is 0.396 e. The van der Waals surface area contributed by atoms with Crippen molar-refractivity contribution in [3.8, 4) is 0 Å². The van der Waals surface area contributed by atoms with Crippen LogP contribution in [0.5, 0.6) is 0 Å². The lowest BCUT2D eigenvalue weighted by Gasteiger charge is -2.21. The highest BCUT2D eigenvalue weighted by Gasteiger charge is 2.35. The summed E-state index contributed by atoms with van der Waals surface area (Å²) in [5, 5.41) is 24.5. The normalized spacial score (nSPS) is 17.7. The zero-order chi connectivity index (χ0) is 27.9. The van der Waals surface area contributed by atoms with E-state index in [9.17, 15) is 9.59 Å². The predicted octanol–water partition coefficient (Wildman–Crippen LogP) is 5.64. The molecule has 0 saturated heterocycles. The van der Waals surface area contributed by atoms with Crippen LogP contribution in [0.4, 0.5) is 22.7 Å². The van der Waals surface area contributed by atoms with Crippen molar-refractivity contribution in [1.82, 2.24) is 0 Å². The second-order valence-electron chi connectivity index (χ2n) is 9.96. The molecule has 210 valence electrons. The first-order valence-electron chi connectivity index (χ1n) is 14.1. The summed E-state index contributed by atoms with van der Waals surface area (Å²) in [6.45, 7) is 4.03. The van der Waals surface area contributed by atoms with E-state index in [2.05, 4.69) is 20.6 Å². The number of nitrogens with one attached hydrogen (secondary N) is 2. The van der Waals surface area contributed by atoms with Gasteiger partial charge >= 0.3 is 0 Å². The number of anilines is 2. The van der Waals surface area contributed by atoms with Gasteiger partial charge in [0.25, 0.3) is 0 Å². The van der Waals surface area contributed by atoms with Crippen LogP contribution >= 0.6 is 0 Å². The van der Waals surface area contributed by atoms with Gasteiger partial charge < -0.3 is 20.8 Å². The number of ketones is 2. The van der Waals surface area contributed by atoms with Crippen molar-refractivity contribution < 1.29 is 19.8 Å². The van der Waals surface area contributed by atoms with E-state index in [1.54, 1.807) is 0 Å². The van der Waals surface area contributed by atoms with Crippen molar-refractivity contribution in [2.75, 3.05) is 36.9 Å². The van der Waals surface area contributed by atoms with E-state index in [0.29, 0.717) is 22.8 Å². The summed E-state index contributed by atoms with van der Waals surface area (Å²) in [6.07, 6.45) is 7.78. The Balaban J connectivity index is 1.59. The Hall–Kier alpha value is -3.36. The molecule has 0 unspecified atom stereocenters. The first-order valence-corrected chi connectivity index (χ1v) is 14.1. The molecule has 1 fully saturated rings. The summed E-state index contributed by atoms with van der Waals surface area (Å²) in [5.74, 6) is -1.00. The van der Waals surface area contributed by atoms with Crippen molar-refractivity contribution in [1.29, 1.82) is 0 Å². The molecule has 0 amide bonds. The summed E-state index contributed by atoms with van der Waals surface area (Å²) < 4.78 is 0. The number of unbranched alkanes of at least 4 members (excludes halogenated alkanes) is 6. The molecule has 0 radical (unpaired) electrons. The number of carbonyl (C=O) groups excluding carboxylic acids is 2. The maximum absolute atomic E-state index is 12.7. The molecule has 2 aromatic rings. The Labute approximate surface area is 231 Å². The Morgan fingerprint density at radius 3 is 1.41 bits per heavy atom. The maximum Gasteiger partial charge on any atom is 0.185 e. The lowest BCUT2D eigenvalue weighted by atomic mass is 9.84. The standard InChI is InChI=1S/C31H42N4O4/c1-23-30(34-26-14-10-24(11-15-26)32-18-6-2-4-8-20-36)28(38)22-29(39)31(23)35-27-16-12-25(13-17-27)33-19-7-3-5-9-21-37/h10-17,23,32-33,36-37H,2-9,18-22H2,1H3. The van der Waals surface area contributed by atoms with Gasteiger partial charge in [-0.25, -0.2) is 9.98 Å². The molecule has 3 rings (SSSR count). The minimum absolute atomic E-state index is 0.214. The Morgan fingerprint density at radius 2 is 1.03 bits per heavy atom. The van der Waals surface area contributed by atoms with E-state index >= 15 is 0 Å². The molecule has 1 aliphatic rings. The third kappa shape index (κ3) is 10.0. The number of carbonyl (C=O) groups is 2. The second kappa shape index (κ2) is 16.6. The van der Waals surface area contributed by atoms with E-state index in [4.69, 9.17) is 10.2 Å². The first-order chi connectivity index (χ1) is 19.0. The highest BCUT2D eigenvalue weighted by Crippen LogP contribution is 2.25. The highest BCUT2D eigenvalue weighted by molar-refractivity contribution is 6.62. The minimum atomic E-state index is -0.493. The summed E-state index contributed by atoms with van der Waals surface area (Å²) in [4.78, 5) is 34.6. The number of aliphatic hydroxyl groups excluding tert-OH is 2. The average Bonchev–Trinajstić information content (AvgIpc) is 2.94. The Morgan fingerprint density at radius 1 is 0.641 bits per heavy atom. The number of hydrogen-bond acceptors (Lipinski definition) is 8. The van der Waals surface area contributed by atoms with Crippen molar-refractivity contribution in [3.63, 3.8) is 0 Å². The number of aliphatic hydroxyl groups is 2. The van der Waals surface area contributed by atoms with Crippen LogP contribution in [0.2, 0.25) is 0 Å². The van der Waals surface area contributed by atoms with Crippen LogP contribution in [0, 0.1) is 5.92 Å². The van der Waals surface area contributed by atoms with Gasteiger partial charge in [0, 0.05) is 43.6 Å². The van der Waals surface area contributed by atoms with Crippen LogP contribution in [0.3, 0.4) is 0 Å². The van der Waals surface area contributed by atoms with E-state index in [1.807, 2.05) is 55.5 Å². The van der Waals surface area contributed by atoms with Crippen LogP contribution in [0.1, 0.15) is 64.7 Å². The van der Waals surface area contributed by atoms with Gasteiger partial charge in [0.05, 0.1) is 29.2 Å². The number of benzene rings is 2. The van der Waals surface area contributed by atoms with Crippen molar-refractivity contribution in [3.05, 3.63) is 48.5 Å². The molecule has 1 saturated carbocycles. The maximum atomic E-state index is 12.7. The summed E-state index contributed by atoms with van der Waals surface area (Å²) in [6, 6.07) is 15.2. The predicted molar refractivity (Wildman–Crippen MR) is 159 cm³/mol. The molecule has 2 aromatic carbocycles. The van der Waals surface area contributed by atoms with Crippen LogP contribution in [0.15, 0.2) is 58.5 Å². The van der Waals surface area contributed by atoms with Crippen molar-refractivity contribution in [2.24, 2.45) is 15.9 Å². The van der Waals surface area contributed by atoms with Crippen LogP contribution < -0.4 is 10.6 Å². The fourth-order valence-corrected chi connectivity index (χ4v) is 4.49. The van der Waals surface area contributed by atoms with Crippen molar-refractivity contribution in [2.45, 2.75) is 64.7 Å². The van der Waals surface area contributed by atoms with E-state index in [0.717, 1.165) is 75.8 Å². The fourth-order valence-electron chi connectivity index (χ4n) is 4.49. The van der Waals surface area contributed by atoms with E-state index < -0.39 is 5.92 Å². The Kier molecular flexibility index (Phi) is 12.8. The van der Waals surface area contributed by atoms with Gasteiger partial charge in [-0.1, -0.05) is 32.6 Å². The molecule has 0 heterocycles. The summed E-state index contributed by atoms with van der Waals surface area (Å²) in [5.41, 5.74) is 4.02. The van der Waals surface area contributed by atoms with Crippen LogP contribution in [-0.4, -0.2) is 59.5 Å². The molecule has 1 aliphatic carbocycles. The summed E-state index contributed by atoms with van der Waals surface area (Å²) in [7, 11) is 0. The minimum Gasteiger partial charge on any atom is -0.396 e. The van der Waals surface area contributed by atoms with Gasteiger partial charge in [-0.15, -0.1) is 0 Å². The topological polar surface area (TPSA) is 123 Å². The summed E-state index contributed by atoms with van der Waals surface area (Å²) >= 11 is 0. The number of rotatable bonds is 16. The monoisotopic (exact) mass is 534 g/mol. The highest BCUT2D eigenvalue weighted by atomic mass is 16.3. The molecule has 0 spiro atoms. The van der Waals surface area contributed by atoms with Gasteiger partial charge in [-0.3, -0.25) is 9.59 Å². The molecule has 8 heteroatoms. The zero-order valence-electron chi connectivity index (χ0n) is 23.0. The zero-order valence-corrected chi connectivity index (χ0v) is 23.0. The first kappa shape index (κ1) is 30.2. The third-order valence-electron chi connectivity index (χ3n) is 6.77. The smallest absolute Gasteiger partial charge is 0.185 e. The van der Waals surface area contributed by atoms with Gasteiger partial charge in [0.1, 0.15) is 0 Å². The quantitative estimate of drug-likeness (QED) is 0.163. The van der Waals surface area contributed by atoms with Crippen LogP contribution in [-0.2, 0) is 9.59 Å². The number of hydrogen-bond donors (Lipinski definition) is 4. The van der Waals surface area contributed by atoms with Gasteiger partial charge in [0.2, 0.25) is 0 Å². The lowest BCUT2D eigenvalue weighted by molar-refractivity contribution is -0.121. The average molecular weight is 535 g/mol. The number of Topliss-reactive ketones (excluding diaryl/α,β-unsaturated/α-hetero) is 2. The van der Waals surface area contributed by atoms with Gasteiger partial charge in [-0.05, 0) is 74.2 Å². The molecule has 0 atom stereocenters. The van der Waals surface area contributed by atoms with E-state index in [1.165, 1.54) is 0 Å². The van der Waals surface area contributed by atoms with Crippen molar-refractivity contribution >= 4 is 45.7 Å². The Bertz CT molecular complexity index is 1020. The number of aliphatic imine (C=N–C) groups is 2. The SMILES string of the molecule is CC1C(=Nc2ccc(NCCCCCCO)cc2)C(=O)CC(=O)C1=Nc1ccc(NCCCCCCO)cc1. The lowest BCUT2D eigenvalue weighted by Crippen LogP contribution is -2.40. The van der Waals surface area contributed by atoms with Gasteiger partial charge in [0.15, 0.2) is 11.6 Å². The van der Waals surface area contributed by atoms with Crippen LogP contribution in [0.25, 0.3) is 0 Å². The third-order valence-corrected chi connectivity index (χ3v) is 6.77. The van der Waals surface area contributed by atoms with Gasteiger partial charge in [-0.2, -0.15) is 0 Å². The molecular formula is C31H42N4O4.